The number of ether oxygens (including phenoxy) is 1. The molecule has 1 spiro atoms. The van der Waals surface area contributed by atoms with Gasteiger partial charge in [0.25, 0.3) is 0 Å². The molecule has 112 valence electrons. The predicted molar refractivity (Wildman–Crippen MR) is 81.7 cm³/mol. The molecular weight excluding hydrogens is 258 g/mol. The Kier molecular flexibility index (Phi) is 6.00. The van der Waals surface area contributed by atoms with Gasteiger partial charge in [0.15, 0.2) is 0 Å². The van der Waals surface area contributed by atoms with E-state index < -0.39 is 0 Å². The fourth-order valence-corrected chi connectivity index (χ4v) is 4.60. The summed E-state index contributed by atoms with van der Waals surface area (Å²) in [6.07, 6.45) is 5.66. The zero-order valence-corrected chi connectivity index (χ0v) is 13.2. The molecule has 2 rings (SSSR count). The first kappa shape index (κ1) is 15.6. The van der Waals surface area contributed by atoms with Crippen LogP contribution in [0, 0.1) is 5.92 Å². The molecule has 4 heteroatoms. The van der Waals surface area contributed by atoms with Crippen molar-refractivity contribution in [3.63, 3.8) is 0 Å². The molecule has 2 heterocycles. The third kappa shape index (κ3) is 4.62. The Labute approximate surface area is 121 Å². The molecule has 2 unspecified atom stereocenters. The highest BCUT2D eigenvalue weighted by atomic mass is 32.2. The summed E-state index contributed by atoms with van der Waals surface area (Å²) in [7, 11) is 0. The van der Waals surface area contributed by atoms with Crippen LogP contribution in [0.1, 0.15) is 46.0 Å². The van der Waals surface area contributed by atoms with Gasteiger partial charge < -0.3 is 15.2 Å². The van der Waals surface area contributed by atoms with E-state index >= 15 is 0 Å². The molecule has 0 aromatic heterocycles. The Morgan fingerprint density at radius 2 is 2.11 bits per heavy atom. The second-order valence-corrected chi connectivity index (χ2v) is 7.73. The van der Waals surface area contributed by atoms with E-state index in [9.17, 15) is 5.11 Å². The summed E-state index contributed by atoms with van der Waals surface area (Å²) in [5.74, 6) is 3.11. The maximum Gasteiger partial charge on any atom is 0.0713 e. The Hall–Kier alpha value is 0.230. The van der Waals surface area contributed by atoms with Crippen molar-refractivity contribution in [3.05, 3.63) is 0 Å². The van der Waals surface area contributed by atoms with E-state index in [1.165, 1.54) is 24.3 Å². The van der Waals surface area contributed by atoms with E-state index in [2.05, 4.69) is 30.9 Å². The van der Waals surface area contributed by atoms with Gasteiger partial charge in [0.2, 0.25) is 0 Å². The van der Waals surface area contributed by atoms with E-state index in [1.807, 2.05) is 0 Å². The van der Waals surface area contributed by atoms with Gasteiger partial charge in [-0.1, -0.05) is 13.8 Å². The van der Waals surface area contributed by atoms with Gasteiger partial charge in [-0.2, -0.15) is 11.8 Å². The molecule has 0 aromatic carbocycles. The first-order chi connectivity index (χ1) is 9.13. The molecule has 0 aromatic rings. The first-order valence-electron chi connectivity index (χ1n) is 7.72. The average Bonchev–Trinajstić information content (AvgIpc) is 2.38. The van der Waals surface area contributed by atoms with Crippen LogP contribution >= 0.6 is 11.8 Å². The van der Waals surface area contributed by atoms with Crippen molar-refractivity contribution in [2.75, 3.05) is 24.7 Å². The third-order valence-corrected chi connectivity index (χ3v) is 5.33. The van der Waals surface area contributed by atoms with Crippen molar-refractivity contribution in [1.82, 2.24) is 5.32 Å². The number of hydrogen-bond acceptors (Lipinski definition) is 4. The zero-order valence-electron chi connectivity index (χ0n) is 12.4. The van der Waals surface area contributed by atoms with Crippen molar-refractivity contribution in [2.24, 2.45) is 5.92 Å². The molecule has 2 aliphatic heterocycles. The number of aliphatic hydroxyl groups excluding tert-OH is 1. The summed E-state index contributed by atoms with van der Waals surface area (Å²) >= 11 is 2.05. The number of aliphatic hydroxyl groups is 1. The van der Waals surface area contributed by atoms with Gasteiger partial charge in [0, 0.05) is 18.7 Å². The van der Waals surface area contributed by atoms with Gasteiger partial charge in [-0.05, 0) is 49.5 Å². The van der Waals surface area contributed by atoms with Crippen LogP contribution in [-0.4, -0.2) is 47.5 Å². The fourth-order valence-electron chi connectivity index (χ4n) is 3.36. The number of thioether (sulfide) groups is 1. The van der Waals surface area contributed by atoms with Crippen LogP contribution in [0.5, 0.6) is 0 Å². The van der Waals surface area contributed by atoms with E-state index in [1.54, 1.807) is 0 Å². The van der Waals surface area contributed by atoms with E-state index in [0.29, 0.717) is 12.0 Å². The van der Waals surface area contributed by atoms with Crippen molar-refractivity contribution >= 4 is 11.8 Å². The smallest absolute Gasteiger partial charge is 0.0713 e. The lowest BCUT2D eigenvalue weighted by Gasteiger charge is -2.44. The summed E-state index contributed by atoms with van der Waals surface area (Å²) in [5, 5.41) is 13.2. The highest BCUT2D eigenvalue weighted by Crippen LogP contribution is 2.37. The highest BCUT2D eigenvalue weighted by molar-refractivity contribution is 7.99. The summed E-state index contributed by atoms with van der Waals surface area (Å²) in [4.78, 5) is 0. The van der Waals surface area contributed by atoms with Crippen molar-refractivity contribution in [3.8, 4) is 0 Å². The largest absolute Gasteiger partial charge is 0.395 e. The molecule has 0 bridgehead atoms. The van der Waals surface area contributed by atoms with Crippen molar-refractivity contribution < 1.29 is 9.84 Å². The number of nitrogens with one attached hydrogen (secondary N) is 1. The number of hydrogen-bond donors (Lipinski definition) is 2. The monoisotopic (exact) mass is 287 g/mol. The molecule has 2 fully saturated rings. The van der Waals surface area contributed by atoms with Crippen LogP contribution in [0.3, 0.4) is 0 Å². The second-order valence-electron chi connectivity index (χ2n) is 6.51. The molecule has 2 aliphatic rings. The summed E-state index contributed by atoms with van der Waals surface area (Å²) in [6.45, 7) is 5.56. The second kappa shape index (κ2) is 7.30. The molecule has 0 radical (unpaired) electrons. The van der Waals surface area contributed by atoms with Crippen LogP contribution in [0.2, 0.25) is 0 Å². The van der Waals surface area contributed by atoms with E-state index in [-0.39, 0.29) is 18.2 Å². The molecule has 2 saturated heterocycles. The Bertz CT molecular complexity index is 261. The molecule has 0 amide bonds. The van der Waals surface area contributed by atoms with Crippen LogP contribution < -0.4 is 5.32 Å². The average molecular weight is 287 g/mol. The topological polar surface area (TPSA) is 41.5 Å². The highest BCUT2D eigenvalue weighted by Gasteiger charge is 2.39. The predicted octanol–water partition coefficient (Wildman–Crippen LogP) is 2.43. The normalized spacial score (nSPS) is 28.7. The van der Waals surface area contributed by atoms with Crippen LogP contribution in [0.4, 0.5) is 0 Å². The summed E-state index contributed by atoms with van der Waals surface area (Å²) in [6, 6.07) is 0.769. The van der Waals surface area contributed by atoms with Gasteiger partial charge in [-0.3, -0.25) is 0 Å². The Morgan fingerprint density at radius 1 is 1.37 bits per heavy atom. The maximum atomic E-state index is 9.51. The quantitative estimate of drug-likeness (QED) is 0.815. The fraction of sp³-hybridized carbons (Fsp3) is 1.00. The minimum absolute atomic E-state index is 0.138. The van der Waals surface area contributed by atoms with Crippen LogP contribution in [0.15, 0.2) is 0 Å². The Morgan fingerprint density at radius 3 is 2.74 bits per heavy atom. The lowest BCUT2D eigenvalue weighted by molar-refractivity contribution is -0.0949. The maximum absolute atomic E-state index is 9.51. The molecule has 2 N–H and O–H groups in total. The third-order valence-electron chi connectivity index (χ3n) is 4.34. The molecule has 0 saturated carbocycles. The molecule has 3 nitrogen and oxygen atoms in total. The van der Waals surface area contributed by atoms with Crippen LogP contribution in [0.25, 0.3) is 0 Å². The van der Waals surface area contributed by atoms with Crippen molar-refractivity contribution in [2.45, 2.75) is 63.6 Å². The van der Waals surface area contributed by atoms with Gasteiger partial charge in [-0.15, -0.1) is 0 Å². The standard InChI is InChI=1S/C15H29NO2S/c1-12(2)9-14(11-17)16-13-3-6-18-15(10-13)4-7-19-8-5-15/h12-14,16-17H,3-11H2,1-2H3. The van der Waals surface area contributed by atoms with Gasteiger partial charge in [0.05, 0.1) is 12.2 Å². The lowest BCUT2D eigenvalue weighted by atomic mass is 9.85. The van der Waals surface area contributed by atoms with E-state index in [4.69, 9.17) is 4.74 Å². The zero-order chi connectivity index (χ0) is 13.7. The van der Waals surface area contributed by atoms with Gasteiger partial charge in [0.1, 0.15) is 0 Å². The molecular formula is C15H29NO2S. The molecule has 0 aliphatic carbocycles. The van der Waals surface area contributed by atoms with Crippen LogP contribution in [-0.2, 0) is 4.74 Å². The minimum atomic E-state index is 0.138. The molecule has 19 heavy (non-hydrogen) atoms. The summed E-state index contributed by atoms with van der Waals surface area (Å²) in [5.41, 5.74) is 0.138. The number of rotatable bonds is 5. The van der Waals surface area contributed by atoms with Crippen molar-refractivity contribution in [1.29, 1.82) is 0 Å². The minimum Gasteiger partial charge on any atom is -0.395 e. The molecule has 2 atom stereocenters. The lowest BCUT2D eigenvalue weighted by Crippen LogP contribution is -2.52. The van der Waals surface area contributed by atoms with Gasteiger partial charge in [-0.25, -0.2) is 0 Å². The summed E-state index contributed by atoms with van der Waals surface area (Å²) < 4.78 is 6.12. The first-order valence-corrected chi connectivity index (χ1v) is 8.88. The van der Waals surface area contributed by atoms with E-state index in [0.717, 1.165) is 25.9 Å². The Balaban J connectivity index is 1.86. The van der Waals surface area contributed by atoms with Gasteiger partial charge >= 0.3 is 0 Å². The SMILES string of the molecule is CC(C)CC(CO)NC1CCOC2(CCSCC2)C1.